The third-order valence-electron chi connectivity index (χ3n) is 4.83. The van der Waals surface area contributed by atoms with Crippen LogP contribution in [-0.2, 0) is 28.4 Å². The molecule has 0 N–H and O–H groups in total. The first-order valence-corrected chi connectivity index (χ1v) is 8.09. The van der Waals surface area contributed by atoms with E-state index in [1.165, 1.54) is 14.2 Å². The highest BCUT2D eigenvalue weighted by molar-refractivity contribution is 6.51. The van der Waals surface area contributed by atoms with Crippen LogP contribution < -0.4 is 0 Å². The summed E-state index contributed by atoms with van der Waals surface area (Å²) in [6.45, 7) is 9.56. The Bertz CT molecular complexity index is 567. The van der Waals surface area contributed by atoms with Gasteiger partial charge in [0.25, 0.3) is 0 Å². The summed E-state index contributed by atoms with van der Waals surface area (Å²) < 4.78 is 21.4. The Balaban J connectivity index is 3.11. The van der Waals surface area contributed by atoms with Gasteiger partial charge in [-0.3, -0.25) is 9.59 Å². The molecule has 0 aliphatic carbocycles. The molecule has 0 radical (unpaired) electrons. The highest BCUT2D eigenvalue weighted by Crippen LogP contribution is 2.38. The number of carbonyl (C=O) groups is 2. The molecule has 1 aliphatic heterocycles. The fourth-order valence-corrected chi connectivity index (χ4v) is 2.72. The molecule has 0 saturated carbocycles. The molecule has 0 spiro atoms. The molecule has 1 aliphatic rings. The first-order valence-electron chi connectivity index (χ1n) is 8.09. The molecule has 0 amide bonds. The number of rotatable bonds is 6. The van der Waals surface area contributed by atoms with E-state index in [4.69, 9.17) is 25.2 Å². The van der Waals surface area contributed by atoms with Crippen LogP contribution in [0.3, 0.4) is 0 Å². The Morgan fingerprint density at radius 1 is 1.12 bits per heavy atom. The number of hydrogen-bond donors (Lipinski definition) is 0. The highest BCUT2D eigenvalue weighted by atomic mass is 16.7. The van der Waals surface area contributed by atoms with Crippen molar-refractivity contribution in [2.45, 2.75) is 58.7 Å². The minimum Gasteiger partial charge on any atom is -0.468 e. The van der Waals surface area contributed by atoms with E-state index in [-0.39, 0.29) is 12.8 Å². The lowest BCUT2D eigenvalue weighted by Gasteiger charge is -2.32. The first kappa shape index (κ1) is 21.3. The maximum Gasteiger partial charge on any atom is 0.487 e. The molecule has 1 rings (SSSR count). The van der Waals surface area contributed by atoms with Gasteiger partial charge in [0.05, 0.1) is 25.4 Å². The number of hydrogen-bond acceptors (Lipinski definition) is 6. The van der Waals surface area contributed by atoms with Crippen LogP contribution in [0.1, 0.15) is 47.5 Å². The summed E-state index contributed by atoms with van der Waals surface area (Å²) in [5.74, 6) is 2.67. The van der Waals surface area contributed by atoms with E-state index >= 15 is 0 Å². The Kier molecular flexibility index (Phi) is 6.49. The van der Waals surface area contributed by atoms with Gasteiger partial charge in [0.1, 0.15) is 0 Å². The topological polar surface area (TPSA) is 71.1 Å². The number of ether oxygens (including phenoxy) is 2. The van der Waals surface area contributed by atoms with Crippen LogP contribution in [0.5, 0.6) is 0 Å². The van der Waals surface area contributed by atoms with Crippen LogP contribution in [0.25, 0.3) is 0 Å². The second-order valence-corrected chi connectivity index (χ2v) is 7.26. The molecule has 0 atom stereocenters. The Labute approximate surface area is 150 Å². The van der Waals surface area contributed by atoms with Crippen LogP contribution in [0.2, 0.25) is 0 Å². The summed E-state index contributed by atoms with van der Waals surface area (Å²) in [5, 5.41) is 0. The van der Waals surface area contributed by atoms with Gasteiger partial charge in [0.2, 0.25) is 0 Å². The first-order chi connectivity index (χ1) is 11.5. The van der Waals surface area contributed by atoms with Crippen molar-refractivity contribution < 1.29 is 28.4 Å². The quantitative estimate of drug-likeness (QED) is 0.317. The van der Waals surface area contributed by atoms with Crippen molar-refractivity contribution >= 4 is 19.1 Å². The third kappa shape index (κ3) is 4.25. The van der Waals surface area contributed by atoms with Crippen LogP contribution in [0, 0.1) is 17.8 Å². The highest BCUT2D eigenvalue weighted by Gasteiger charge is 2.51. The van der Waals surface area contributed by atoms with E-state index in [9.17, 15) is 9.59 Å². The zero-order valence-electron chi connectivity index (χ0n) is 16.1. The average molecular weight is 350 g/mol. The molecule has 0 unspecified atom stereocenters. The van der Waals surface area contributed by atoms with Crippen molar-refractivity contribution in [1.29, 1.82) is 0 Å². The number of carbonyl (C=O) groups excluding carboxylic acids is 2. The molecule has 1 saturated heterocycles. The predicted molar refractivity (Wildman–Crippen MR) is 94.4 cm³/mol. The molecule has 1 heterocycles. The van der Waals surface area contributed by atoms with E-state index in [1.54, 1.807) is 12.9 Å². The van der Waals surface area contributed by atoms with Gasteiger partial charge in [0.15, 0.2) is 5.41 Å². The standard InChI is InChI=1S/C18H27BO6/c1-9-10-18(14(20)22-7,15(21)23-8)11-13(2)12-19-24-16(3,4)17(5,6)25-19/h1,12H,10-11H2,2-8H3/b13-12+. The number of esters is 2. The third-order valence-corrected chi connectivity index (χ3v) is 4.83. The lowest BCUT2D eigenvalue weighted by Crippen LogP contribution is -2.41. The average Bonchev–Trinajstić information content (AvgIpc) is 2.71. The molecule has 0 bridgehead atoms. The van der Waals surface area contributed by atoms with Crippen LogP contribution in [0.4, 0.5) is 0 Å². The van der Waals surface area contributed by atoms with Gasteiger partial charge in [-0.05, 0) is 41.0 Å². The fraction of sp³-hybridized carbons (Fsp3) is 0.667. The number of methoxy groups -OCH3 is 2. The van der Waals surface area contributed by atoms with Gasteiger partial charge in [-0.1, -0.05) is 11.5 Å². The van der Waals surface area contributed by atoms with Crippen LogP contribution in [0.15, 0.2) is 11.5 Å². The predicted octanol–water partition coefficient (Wildman–Crippen LogP) is 2.31. The van der Waals surface area contributed by atoms with Gasteiger partial charge in [0, 0.05) is 6.42 Å². The van der Waals surface area contributed by atoms with Crippen molar-refractivity contribution in [2.24, 2.45) is 5.41 Å². The molecule has 0 aromatic heterocycles. The minimum absolute atomic E-state index is 0.0562. The zero-order valence-corrected chi connectivity index (χ0v) is 16.1. The normalized spacial score (nSPS) is 19.3. The van der Waals surface area contributed by atoms with Crippen LogP contribution in [-0.4, -0.2) is 44.5 Å². The Morgan fingerprint density at radius 2 is 1.56 bits per heavy atom. The van der Waals surface area contributed by atoms with Gasteiger partial charge in [-0.2, -0.15) is 0 Å². The minimum atomic E-state index is -1.58. The lowest BCUT2D eigenvalue weighted by molar-refractivity contribution is -0.168. The van der Waals surface area contributed by atoms with Gasteiger partial charge >= 0.3 is 19.1 Å². The van der Waals surface area contributed by atoms with E-state index in [0.717, 1.165) is 0 Å². The summed E-state index contributed by atoms with van der Waals surface area (Å²) in [4.78, 5) is 24.6. The van der Waals surface area contributed by atoms with Crippen LogP contribution >= 0.6 is 0 Å². The molecule has 7 heteroatoms. The SMILES string of the molecule is C#CCC(C/C(C)=C/B1OC(C)(C)C(C)(C)O1)(C(=O)OC)C(=O)OC. The molecule has 1 fully saturated rings. The van der Waals surface area contributed by atoms with Gasteiger partial charge in [-0.25, -0.2) is 0 Å². The molecule has 0 aromatic rings. The summed E-state index contributed by atoms with van der Waals surface area (Å²) >= 11 is 0. The largest absolute Gasteiger partial charge is 0.487 e. The van der Waals surface area contributed by atoms with Crippen molar-refractivity contribution in [1.82, 2.24) is 0 Å². The van der Waals surface area contributed by atoms with Gasteiger partial charge in [-0.15, -0.1) is 12.3 Å². The van der Waals surface area contributed by atoms with E-state index < -0.39 is 35.7 Å². The van der Waals surface area contributed by atoms with E-state index in [1.807, 2.05) is 27.7 Å². The van der Waals surface area contributed by atoms with E-state index in [2.05, 4.69) is 5.92 Å². The van der Waals surface area contributed by atoms with Gasteiger partial charge < -0.3 is 18.8 Å². The monoisotopic (exact) mass is 350 g/mol. The molecule has 138 valence electrons. The maximum atomic E-state index is 12.3. The number of allylic oxidation sites excluding steroid dienone is 1. The molecular weight excluding hydrogens is 323 g/mol. The van der Waals surface area contributed by atoms with E-state index in [0.29, 0.717) is 5.57 Å². The summed E-state index contributed by atoms with van der Waals surface area (Å²) in [7, 11) is 1.84. The summed E-state index contributed by atoms with van der Waals surface area (Å²) in [6.07, 6.45) is 5.31. The van der Waals surface area contributed by atoms with Crippen molar-refractivity contribution in [3.05, 3.63) is 11.5 Å². The molecule has 25 heavy (non-hydrogen) atoms. The fourth-order valence-electron chi connectivity index (χ4n) is 2.72. The Morgan fingerprint density at radius 3 is 1.92 bits per heavy atom. The van der Waals surface area contributed by atoms with Crippen molar-refractivity contribution in [3.63, 3.8) is 0 Å². The second kappa shape index (κ2) is 7.63. The number of terminal acetylenes is 1. The lowest BCUT2D eigenvalue weighted by atomic mass is 9.76. The summed E-state index contributed by atoms with van der Waals surface area (Å²) in [5.41, 5.74) is -1.82. The maximum absolute atomic E-state index is 12.3. The molecule has 0 aromatic carbocycles. The Hall–Kier alpha value is -1.78. The van der Waals surface area contributed by atoms with Crippen molar-refractivity contribution in [3.8, 4) is 12.3 Å². The molecular formula is C18H27BO6. The second-order valence-electron chi connectivity index (χ2n) is 7.26. The van der Waals surface area contributed by atoms with Crippen molar-refractivity contribution in [2.75, 3.05) is 14.2 Å². The summed E-state index contributed by atoms with van der Waals surface area (Å²) in [6, 6.07) is 0. The molecule has 6 nitrogen and oxygen atoms in total. The smallest absolute Gasteiger partial charge is 0.468 e. The zero-order chi connectivity index (χ0) is 19.5.